The number of aliphatic hydroxyl groups is 9. The Labute approximate surface area is 602 Å². The standard InChI is InChI=1S/C32H30Cl3NO8.C17H24O4.C9H16O5.C7H14O4.C6H12O5/c1-18-26(39-16-20-10-4-3-5-11-20)27(28(42-19(2)37)29(41-18)44-30(36)32(33,34)35)43-31(38)40-17-25-23-14-8-6-12-21(23)22-13-7-9-15-24(22)25;1-11-14(18-10-13-8-6-5-7-9-13)16-15(12(2)19-11)20-17(3,4)21-16;1-4-7(11)8(12)9(5(2)13-4)14-6(3)10;1-3-5(8)7(10)6(9)4(2)11-3;1-2-3(7)4(8)5(9)6(10)11-2/h3-15,18,25-29,36H,16-17H2,1-2H3;5-9,11-12,14-16H,10H2,1-4H3;4-5,7-9,11-12H,1-3H3;3-10H,1-2H3;2-10H,1H3/t18?,26-,27-,28?,29-;11?,12-,14-,15+,16?;4?,5-,7-,8-,9?;3-,4?,5?,6-,7?;2?,3-,4-,5?,6?/m00000/s1. The Bertz CT molecular complexity index is 3160. The average molecular weight is 1490 g/mol. The molecule has 12 unspecified atom stereocenters. The summed E-state index contributed by atoms with van der Waals surface area (Å²) in [6.07, 6.45) is -20.8. The number of hydrogen-bond acceptors (Lipinski definition) is 27. The van der Waals surface area contributed by atoms with E-state index in [0.717, 1.165) is 33.4 Å². The van der Waals surface area contributed by atoms with Crippen LogP contribution in [0.3, 0.4) is 0 Å². The Morgan fingerprint density at radius 2 is 0.851 bits per heavy atom. The number of ether oxygens (including phenoxy) is 14. The minimum absolute atomic E-state index is 0.00273. The van der Waals surface area contributed by atoms with Gasteiger partial charge in [-0.3, -0.25) is 15.0 Å². The summed E-state index contributed by atoms with van der Waals surface area (Å²) in [4.78, 5) is 36.2. The van der Waals surface area contributed by atoms with E-state index in [1.807, 2.05) is 125 Å². The molecule has 7 aliphatic rings. The monoisotopic (exact) mass is 1480 g/mol. The summed E-state index contributed by atoms with van der Waals surface area (Å²) in [6, 6.07) is 35.3. The number of nitrogens with one attached hydrogen (secondary N) is 1. The van der Waals surface area contributed by atoms with E-state index in [0.29, 0.717) is 6.61 Å². The van der Waals surface area contributed by atoms with Crippen molar-refractivity contribution in [3.05, 3.63) is 131 Å². The first kappa shape index (κ1) is 83.0. The van der Waals surface area contributed by atoms with Gasteiger partial charge >= 0.3 is 18.1 Å². The summed E-state index contributed by atoms with van der Waals surface area (Å²) in [5.41, 5.74) is 6.20. The van der Waals surface area contributed by atoms with Gasteiger partial charge in [0, 0.05) is 19.8 Å². The van der Waals surface area contributed by atoms with Gasteiger partial charge in [0.2, 0.25) is 18.3 Å². The number of aliphatic hydroxyl groups excluding tert-OH is 9. The maximum Gasteiger partial charge on any atom is 0.508 e. The molecule has 27 nitrogen and oxygen atoms in total. The van der Waals surface area contributed by atoms with Crippen LogP contribution in [-0.4, -0.2) is 239 Å². The molecule has 0 amide bonds. The molecule has 11 rings (SSSR count). The SMILES string of the molecule is CC(=O)OC1[C@H](C)OC(C)[C@H](O)[C@@H]1O.CC(=O)OC1[C@H](OC(=N)C(Cl)(Cl)Cl)OC(C)[C@H](OCc2ccccc2)[C@@H]1OC(=O)OCC1c2ccccc2-c2ccccc21.CC1OC(O)C(O)[C@@H](O)[C@H]1O.CC1O[C@@H](C)C(O)C(O)[C@H]1O.CC1O[C@@H](C)[C@H]2OC(C)(C)OC2[C@H]1OCc1ccccc1. The second kappa shape index (κ2) is 37.1. The number of fused-ring (bicyclic) bond motifs is 4. The van der Waals surface area contributed by atoms with Gasteiger partial charge in [0.05, 0.1) is 62.0 Å². The Morgan fingerprint density at radius 1 is 0.446 bits per heavy atom. The smallest absolute Gasteiger partial charge is 0.457 e. The van der Waals surface area contributed by atoms with Crippen LogP contribution in [0.1, 0.15) is 111 Å². The summed E-state index contributed by atoms with van der Waals surface area (Å²) in [6.45, 7) is 20.9. The lowest BCUT2D eigenvalue weighted by Gasteiger charge is -2.43. The zero-order valence-electron chi connectivity index (χ0n) is 58.1. The highest BCUT2D eigenvalue weighted by atomic mass is 35.6. The molecule has 4 aromatic rings. The largest absolute Gasteiger partial charge is 0.508 e. The number of rotatable bonds is 12. The molecule has 30 heteroatoms. The number of carbonyl (C=O) groups excluding carboxylic acids is 3. The Hall–Kier alpha value is -5.29. The first-order valence-corrected chi connectivity index (χ1v) is 34.4. The van der Waals surface area contributed by atoms with Crippen molar-refractivity contribution in [2.75, 3.05) is 6.61 Å². The molecule has 6 aliphatic heterocycles. The van der Waals surface area contributed by atoms with Crippen molar-refractivity contribution < 1.29 is 127 Å². The van der Waals surface area contributed by atoms with Crippen molar-refractivity contribution in [1.82, 2.24) is 0 Å². The number of alkyl halides is 3. The highest BCUT2D eigenvalue weighted by Crippen LogP contribution is 2.45. The first-order valence-electron chi connectivity index (χ1n) is 33.2. The normalized spacial score (nSPS) is 35.3. The fourth-order valence-electron chi connectivity index (χ4n) is 12.5. The predicted octanol–water partition coefficient (Wildman–Crippen LogP) is 5.98. The average Bonchev–Trinajstić information content (AvgIpc) is 1.70. The maximum absolute atomic E-state index is 13.3. The quantitative estimate of drug-likeness (QED) is 0.0256. The minimum Gasteiger partial charge on any atom is -0.457 e. The van der Waals surface area contributed by atoms with Crippen LogP contribution in [0.2, 0.25) is 0 Å². The molecule has 0 spiro atoms. The molecule has 0 saturated carbocycles. The van der Waals surface area contributed by atoms with E-state index >= 15 is 0 Å². The number of halogens is 3. The topological polar surface area (TPSA) is 386 Å². The lowest BCUT2D eigenvalue weighted by atomic mass is 9.96. The molecule has 25 atom stereocenters. The molecule has 101 heavy (non-hydrogen) atoms. The number of carbonyl (C=O) groups is 3. The fraction of sp³-hybridized carbons (Fsp3) is 0.606. The van der Waals surface area contributed by atoms with Gasteiger partial charge in [-0.1, -0.05) is 144 Å². The van der Waals surface area contributed by atoms with Gasteiger partial charge < -0.3 is 112 Å². The number of esters is 2. The Balaban J connectivity index is 0.000000205. The zero-order valence-corrected chi connectivity index (χ0v) is 60.4. The zero-order chi connectivity index (χ0) is 74.5. The lowest BCUT2D eigenvalue weighted by Crippen LogP contribution is -2.61. The lowest BCUT2D eigenvalue weighted by molar-refractivity contribution is -0.287. The molecular formula is C71H96Cl3NO26. The fourth-order valence-corrected chi connectivity index (χ4v) is 12.6. The van der Waals surface area contributed by atoms with E-state index in [1.54, 1.807) is 34.6 Å². The Kier molecular flexibility index (Phi) is 30.5. The van der Waals surface area contributed by atoms with Crippen molar-refractivity contribution >= 4 is 58.8 Å². The molecule has 0 aromatic heterocycles. The molecule has 6 heterocycles. The van der Waals surface area contributed by atoms with Gasteiger partial charge in [0.1, 0.15) is 79.9 Å². The van der Waals surface area contributed by atoms with Crippen LogP contribution in [0.4, 0.5) is 4.79 Å². The van der Waals surface area contributed by atoms with Crippen LogP contribution in [0, 0.1) is 5.41 Å². The molecule has 4 aromatic carbocycles. The van der Waals surface area contributed by atoms with Crippen LogP contribution in [0.25, 0.3) is 11.1 Å². The number of hydrogen-bond donors (Lipinski definition) is 10. The maximum atomic E-state index is 13.3. The molecule has 0 radical (unpaired) electrons. The summed E-state index contributed by atoms with van der Waals surface area (Å²) in [7, 11) is 0. The second-order valence-corrected chi connectivity index (χ2v) is 28.3. The minimum atomic E-state index is -2.23. The molecular weight excluding hydrogens is 1390 g/mol. The molecule has 0 bridgehead atoms. The number of benzene rings is 4. The van der Waals surface area contributed by atoms with Gasteiger partial charge in [-0.15, -0.1) is 0 Å². The van der Waals surface area contributed by atoms with Crippen LogP contribution < -0.4 is 0 Å². The van der Waals surface area contributed by atoms with Gasteiger partial charge in [-0.05, 0) is 103 Å². The third-order valence-corrected chi connectivity index (χ3v) is 18.3. The van der Waals surface area contributed by atoms with Gasteiger partial charge in [0.15, 0.2) is 24.3 Å². The van der Waals surface area contributed by atoms with Crippen molar-refractivity contribution in [3.8, 4) is 11.1 Å². The highest BCUT2D eigenvalue weighted by Gasteiger charge is 2.55. The van der Waals surface area contributed by atoms with Crippen molar-refractivity contribution in [2.45, 2.75) is 265 Å². The highest BCUT2D eigenvalue weighted by molar-refractivity contribution is 6.76. The summed E-state index contributed by atoms with van der Waals surface area (Å²) >= 11 is 17.5. The summed E-state index contributed by atoms with van der Waals surface area (Å²) in [5, 5.41) is 90.7. The van der Waals surface area contributed by atoms with E-state index in [2.05, 4.69) is 16.9 Å². The van der Waals surface area contributed by atoms with Gasteiger partial charge in [-0.2, -0.15) is 0 Å². The molecule has 1 aliphatic carbocycles. The summed E-state index contributed by atoms with van der Waals surface area (Å²) < 4.78 is 76.4. The summed E-state index contributed by atoms with van der Waals surface area (Å²) in [5.74, 6) is -2.79. The van der Waals surface area contributed by atoms with Crippen LogP contribution in [0.15, 0.2) is 109 Å². The van der Waals surface area contributed by atoms with Crippen molar-refractivity contribution in [3.63, 3.8) is 0 Å². The van der Waals surface area contributed by atoms with Crippen LogP contribution in [0.5, 0.6) is 0 Å². The van der Waals surface area contributed by atoms with E-state index < -0.39 is 156 Å². The van der Waals surface area contributed by atoms with Gasteiger partial charge in [-0.25, -0.2) is 4.79 Å². The predicted molar refractivity (Wildman–Crippen MR) is 363 cm³/mol. The van der Waals surface area contributed by atoms with E-state index in [9.17, 15) is 39.9 Å². The third-order valence-electron chi connectivity index (χ3n) is 17.8. The molecule has 562 valence electrons. The second-order valence-electron chi connectivity index (χ2n) is 26.1. The molecule has 10 N–H and O–H groups in total. The van der Waals surface area contributed by atoms with Gasteiger partial charge in [0.25, 0.3) is 3.79 Å². The van der Waals surface area contributed by atoms with Crippen LogP contribution >= 0.6 is 34.8 Å². The Morgan fingerprint density at radius 3 is 1.36 bits per heavy atom. The van der Waals surface area contributed by atoms with E-state index in [1.165, 1.54) is 20.8 Å². The molecule has 6 fully saturated rings. The van der Waals surface area contributed by atoms with E-state index in [4.69, 9.17) is 122 Å². The molecule has 6 saturated heterocycles. The van der Waals surface area contributed by atoms with Crippen molar-refractivity contribution in [1.29, 1.82) is 5.41 Å². The van der Waals surface area contributed by atoms with Crippen LogP contribution in [-0.2, 0) is 89.1 Å². The van der Waals surface area contributed by atoms with Crippen molar-refractivity contribution in [2.24, 2.45) is 0 Å². The third kappa shape index (κ3) is 22.1. The van der Waals surface area contributed by atoms with E-state index in [-0.39, 0.29) is 49.7 Å². The first-order chi connectivity index (χ1) is 47.5.